The first-order valence-corrected chi connectivity index (χ1v) is 6.50. The molecule has 9 nitrogen and oxygen atoms in total. The summed E-state index contributed by atoms with van der Waals surface area (Å²) in [4.78, 5) is 31.8. The number of aromatic nitrogens is 5. The molecule has 22 heavy (non-hydrogen) atoms. The molecule has 1 N–H and O–H groups in total. The van der Waals surface area contributed by atoms with Gasteiger partial charge < -0.3 is 14.4 Å². The van der Waals surface area contributed by atoms with Gasteiger partial charge in [-0.1, -0.05) is 0 Å². The number of carboxylic acids is 1. The van der Waals surface area contributed by atoms with Crippen molar-refractivity contribution in [2.24, 2.45) is 0 Å². The Hall–Kier alpha value is -2.81. The van der Waals surface area contributed by atoms with Crippen LogP contribution in [0.3, 0.4) is 0 Å². The molecule has 0 radical (unpaired) electrons. The Morgan fingerprint density at radius 2 is 2.27 bits per heavy atom. The topological polar surface area (TPSA) is 112 Å². The van der Waals surface area contributed by atoms with Crippen LogP contribution in [0.1, 0.15) is 18.8 Å². The number of hydrogen-bond acceptors (Lipinski definition) is 6. The number of carbonyl (C=O) groups is 1. The van der Waals surface area contributed by atoms with Gasteiger partial charge in [0.1, 0.15) is 12.6 Å². The van der Waals surface area contributed by atoms with Gasteiger partial charge in [-0.05, 0) is 13.0 Å². The van der Waals surface area contributed by atoms with Crippen molar-refractivity contribution >= 4 is 22.6 Å². The number of methoxy groups -OCH3 is 1. The van der Waals surface area contributed by atoms with Crippen LogP contribution in [0.5, 0.6) is 0 Å². The highest BCUT2D eigenvalue weighted by molar-refractivity contribution is 5.79. The number of rotatable bonds is 4. The highest BCUT2D eigenvalue weighted by Gasteiger charge is 2.17. The molecular formula is C13H13N5O4. The molecule has 0 fully saturated rings. The summed E-state index contributed by atoms with van der Waals surface area (Å²) in [6.45, 7) is 1.67. The average molecular weight is 303 g/mol. The molecule has 0 bridgehead atoms. The Balaban J connectivity index is 2.26. The third-order valence-corrected chi connectivity index (χ3v) is 3.35. The smallest absolute Gasteiger partial charge is 0.326 e. The first-order valence-electron chi connectivity index (χ1n) is 6.50. The van der Waals surface area contributed by atoms with E-state index in [4.69, 9.17) is 9.84 Å². The SMILES string of the molecule is COCc1nc2ncc3c(=O)n(C(C)C(=O)O)ccc3n2n1. The van der Waals surface area contributed by atoms with Crippen molar-refractivity contribution in [3.05, 3.63) is 34.6 Å². The summed E-state index contributed by atoms with van der Waals surface area (Å²) in [5.41, 5.74) is 0.0734. The predicted molar refractivity (Wildman–Crippen MR) is 75.6 cm³/mol. The van der Waals surface area contributed by atoms with Crippen molar-refractivity contribution in [1.29, 1.82) is 0 Å². The molecule has 0 aliphatic carbocycles. The van der Waals surface area contributed by atoms with Gasteiger partial charge >= 0.3 is 5.97 Å². The molecule has 0 aliphatic heterocycles. The first-order chi connectivity index (χ1) is 10.5. The summed E-state index contributed by atoms with van der Waals surface area (Å²) in [5, 5.41) is 13.6. The molecule has 3 heterocycles. The van der Waals surface area contributed by atoms with Gasteiger partial charge in [0, 0.05) is 19.5 Å². The number of aliphatic carboxylic acids is 1. The second-order valence-electron chi connectivity index (χ2n) is 4.77. The van der Waals surface area contributed by atoms with Crippen molar-refractivity contribution in [3.63, 3.8) is 0 Å². The van der Waals surface area contributed by atoms with Crippen LogP contribution in [0.2, 0.25) is 0 Å². The fourth-order valence-corrected chi connectivity index (χ4v) is 2.19. The van der Waals surface area contributed by atoms with E-state index in [9.17, 15) is 9.59 Å². The Labute approximate surface area is 123 Å². The lowest BCUT2D eigenvalue weighted by Gasteiger charge is -2.11. The summed E-state index contributed by atoms with van der Waals surface area (Å²) in [7, 11) is 1.53. The molecular weight excluding hydrogens is 290 g/mol. The molecule has 0 aliphatic rings. The van der Waals surface area contributed by atoms with E-state index < -0.39 is 17.6 Å². The fraction of sp³-hybridized carbons (Fsp3) is 0.308. The van der Waals surface area contributed by atoms with Gasteiger partial charge in [0.25, 0.3) is 11.3 Å². The molecule has 1 atom stereocenters. The minimum Gasteiger partial charge on any atom is -0.480 e. The van der Waals surface area contributed by atoms with Crippen LogP contribution in [0.4, 0.5) is 0 Å². The lowest BCUT2D eigenvalue weighted by Crippen LogP contribution is -2.28. The van der Waals surface area contributed by atoms with Gasteiger partial charge in [0.2, 0.25) is 0 Å². The number of ether oxygens (including phenoxy) is 1. The maximum atomic E-state index is 12.4. The van der Waals surface area contributed by atoms with Crippen LogP contribution >= 0.6 is 0 Å². The molecule has 0 saturated carbocycles. The van der Waals surface area contributed by atoms with Gasteiger partial charge in [-0.15, -0.1) is 5.10 Å². The first kappa shape index (κ1) is 14.1. The van der Waals surface area contributed by atoms with Gasteiger partial charge in [-0.25, -0.2) is 9.78 Å². The van der Waals surface area contributed by atoms with Crippen LogP contribution in [-0.4, -0.2) is 42.3 Å². The van der Waals surface area contributed by atoms with Crippen LogP contribution in [0.25, 0.3) is 16.7 Å². The zero-order valence-electron chi connectivity index (χ0n) is 11.9. The van der Waals surface area contributed by atoms with Crippen molar-refractivity contribution in [1.82, 2.24) is 24.1 Å². The van der Waals surface area contributed by atoms with E-state index in [0.717, 1.165) is 4.57 Å². The van der Waals surface area contributed by atoms with Crippen LogP contribution in [0, 0.1) is 0 Å². The van der Waals surface area contributed by atoms with Gasteiger partial charge in [-0.2, -0.15) is 9.50 Å². The van der Waals surface area contributed by atoms with Crippen molar-refractivity contribution < 1.29 is 14.6 Å². The van der Waals surface area contributed by atoms with Gasteiger partial charge in [0.05, 0.1) is 10.9 Å². The number of nitrogens with zero attached hydrogens (tertiary/aromatic N) is 5. The van der Waals surface area contributed by atoms with E-state index in [0.29, 0.717) is 17.1 Å². The normalized spacial score (nSPS) is 12.8. The van der Waals surface area contributed by atoms with E-state index in [2.05, 4.69) is 15.1 Å². The summed E-state index contributed by atoms with van der Waals surface area (Å²) >= 11 is 0. The van der Waals surface area contributed by atoms with Gasteiger partial charge in [0.15, 0.2) is 5.82 Å². The second-order valence-corrected chi connectivity index (χ2v) is 4.77. The zero-order chi connectivity index (χ0) is 15.9. The molecule has 0 saturated heterocycles. The molecule has 3 rings (SSSR count). The standard InChI is InChI=1S/C13H13N5O4/c1-7(12(20)21)17-4-3-9-8(11(17)19)5-14-13-15-10(6-22-2)16-18(9)13/h3-5,7H,6H2,1-2H3,(H,20,21). The largest absolute Gasteiger partial charge is 0.480 e. The molecule has 1 unspecified atom stereocenters. The molecule has 0 aromatic carbocycles. The molecule has 0 amide bonds. The van der Waals surface area contributed by atoms with Crippen molar-refractivity contribution in [3.8, 4) is 0 Å². The lowest BCUT2D eigenvalue weighted by atomic mass is 10.2. The number of fused-ring (bicyclic) bond motifs is 3. The Morgan fingerprint density at radius 1 is 1.50 bits per heavy atom. The lowest BCUT2D eigenvalue weighted by molar-refractivity contribution is -0.140. The van der Waals surface area contributed by atoms with E-state index >= 15 is 0 Å². The second kappa shape index (κ2) is 5.19. The maximum absolute atomic E-state index is 12.4. The van der Waals surface area contributed by atoms with E-state index in [1.54, 1.807) is 6.07 Å². The predicted octanol–water partition coefficient (Wildman–Crippen LogP) is 0.231. The van der Waals surface area contributed by atoms with Crippen molar-refractivity contribution in [2.75, 3.05) is 7.11 Å². The van der Waals surface area contributed by atoms with Crippen LogP contribution in [-0.2, 0) is 16.1 Å². The Kier molecular flexibility index (Phi) is 3.33. The van der Waals surface area contributed by atoms with E-state index in [-0.39, 0.29) is 12.0 Å². The summed E-state index contributed by atoms with van der Waals surface area (Å²) in [6.07, 6.45) is 2.81. The number of carboxylic acid groups (broad SMARTS) is 1. The summed E-state index contributed by atoms with van der Waals surface area (Å²) in [6, 6.07) is 0.656. The molecule has 3 aromatic rings. The minimum atomic E-state index is -1.08. The monoisotopic (exact) mass is 303 g/mol. The van der Waals surface area contributed by atoms with E-state index in [1.165, 1.54) is 30.9 Å². The van der Waals surface area contributed by atoms with E-state index in [1.807, 2.05) is 0 Å². The molecule has 9 heteroatoms. The third-order valence-electron chi connectivity index (χ3n) is 3.35. The molecule has 3 aromatic heterocycles. The highest BCUT2D eigenvalue weighted by atomic mass is 16.5. The van der Waals surface area contributed by atoms with Crippen molar-refractivity contribution in [2.45, 2.75) is 19.6 Å². The third kappa shape index (κ3) is 2.11. The average Bonchev–Trinajstić information content (AvgIpc) is 2.90. The highest BCUT2D eigenvalue weighted by Crippen LogP contribution is 2.12. The maximum Gasteiger partial charge on any atom is 0.326 e. The van der Waals surface area contributed by atoms with Gasteiger partial charge in [-0.3, -0.25) is 4.79 Å². The Morgan fingerprint density at radius 3 is 2.95 bits per heavy atom. The van der Waals surface area contributed by atoms with Crippen LogP contribution in [0.15, 0.2) is 23.3 Å². The summed E-state index contributed by atoms with van der Waals surface area (Å²) in [5.74, 6) is -0.285. The fourth-order valence-electron chi connectivity index (χ4n) is 2.19. The zero-order valence-corrected chi connectivity index (χ0v) is 11.9. The molecule has 114 valence electrons. The van der Waals surface area contributed by atoms with Crippen LogP contribution < -0.4 is 5.56 Å². The quantitative estimate of drug-likeness (QED) is 0.734. The molecule has 0 spiro atoms. The Bertz CT molecular complexity index is 929. The number of hydrogen-bond donors (Lipinski definition) is 1. The minimum absolute atomic E-state index is 0.234. The summed E-state index contributed by atoms with van der Waals surface area (Å²) < 4.78 is 7.56. The number of pyridine rings is 1.